The first-order chi connectivity index (χ1) is 6.20. The molecule has 0 radical (unpaired) electrons. The summed E-state index contributed by atoms with van der Waals surface area (Å²) in [6.45, 7) is -1.15. The second kappa shape index (κ2) is 4.70. The minimum atomic E-state index is -2.75. The highest BCUT2D eigenvalue weighted by atomic mass is 19.3. The van der Waals surface area contributed by atoms with Crippen LogP contribution in [0, 0.1) is 0 Å². The number of hydrogen-bond acceptors (Lipinski definition) is 2. The van der Waals surface area contributed by atoms with Crippen LogP contribution in [0.1, 0.15) is 6.92 Å². The van der Waals surface area contributed by atoms with Crippen LogP contribution in [-0.2, 0) is 4.74 Å². The molecule has 0 atom stereocenters. The fourth-order valence-corrected chi connectivity index (χ4v) is 0.827. The van der Waals surface area contributed by atoms with Gasteiger partial charge in [-0.1, -0.05) is 0 Å². The summed E-state index contributed by atoms with van der Waals surface area (Å²) in [6.07, 6.45) is 4.75. The largest absolute Gasteiger partial charge is 0.345 e. The van der Waals surface area contributed by atoms with Gasteiger partial charge in [-0.15, -0.1) is 5.73 Å². The summed E-state index contributed by atoms with van der Waals surface area (Å²) in [4.78, 5) is 3.96. The molecule has 0 aromatic heterocycles. The van der Waals surface area contributed by atoms with Gasteiger partial charge in [-0.05, 0) is 19.1 Å². The Labute approximate surface area is 74.9 Å². The van der Waals surface area contributed by atoms with E-state index in [1.54, 1.807) is 25.3 Å². The Morgan fingerprint density at radius 3 is 3.08 bits per heavy atom. The first-order valence-electron chi connectivity index (χ1n) is 3.75. The predicted octanol–water partition coefficient (Wildman–Crippen LogP) is 2.30. The van der Waals surface area contributed by atoms with E-state index in [4.69, 9.17) is 0 Å². The van der Waals surface area contributed by atoms with Gasteiger partial charge in [-0.25, -0.2) is 0 Å². The third kappa shape index (κ3) is 3.32. The molecule has 0 bridgehead atoms. The van der Waals surface area contributed by atoms with Gasteiger partial charge in [-0.2, -0.15) is 8.78 Å². The first kappa shape index (κ1) is 9.84. The van der Waals surface area contributed by atoms with E-state index in [1.165, 1.54) is 0 Å². The van der Waals surface area contributed by atoms with E-state index in [9.17, 15) is 8.78 Å². The topological polar surface area (TPSA) is 21.6 Å². The maximum absolute atomic E-state index is 11.7. The Morgan fingerprint density at radius 2 is 2.38 bits per heavy atom. The summed E-state index contributed by atoms with van der Waals surface area (Å²) in [5, 5.41) is 0. The number of alkyl halides is 2. The third-order valence-electron chi connectivity index (χ3n) is 1.53. The molecule has 13 heavy (non-hydrogen) atoms. The lowest BCUT2D eigenvalue weighted by Gasteiger charge is -2.04. The van der Waals surface area contributed by atoms with Crippen molar-refractivity contribution >= 4 is 6.21 Å². The Hall–Kier alpha value is -1.25. The van der Waals surface area contributed by atoms with E-state index >= 15 is 0 Å². The van der Waals surface area contributed by atoms with E-state index in [-0.39, 0.29) is 6.61 Å². The SMILES string of the molecule is CC1=C(COC(F)F)C=C=CC=N1. The molecule has 0 aliphatic carbocycles. The Balaban J connectivity index is 2.66. The highest BCUT2D eigenvalue weighted by Crippen LogP contribution is 2.10. The average Bonchev–Trinajstić information content (AvgIpc) is 2.27. The van der Waals surface area contributed by atoms with Crippen LogP contribution in [0.5, 0.6) is 0 Å². The maximum Gasteiger partial charge on any atom is 0.345 e. The number of ether oxygens (including phenoxy) is 1. The van der Waals surface area contributed by atoms with Gasteiger partial charge in [0.2, 0.25) is 0 Å². The quantitative estimate of drug-likeness (QED) is 0.618. The molecule has 0 N–H and O–H groups in total. The summed E-state index contributed by atoms with van der Waals surface area (Å²) in [5.74, 6) is 0. The van der Waals surface area contributed by atoms with E-state index in [0.29, 0.717) is 11.3 Å². The molecule has 0 unspecified atom stereocenters. The average molecular weight is 185 g/mol. The van der Waals surface area contributed by atoms with Crippen LogP contribution < -0.4 is 0 Å². The van der Waals surface area contributed by atoms with Gasteiger partial charge < -0.3 is 4.74 Å². The Bertz CT molecular complexity index is 299. The van der Waals surface area contributed by atoms with Crippen LogP contribution in [0.15, 0.2) is 34.1 Å². The molecule has 0 spiro atoms. The standard InChI is InChI=1S/C9H9F2NO/c1-7-8(6-13-9(10)11)4-2-3-5-12-7/h3-5,9H,6H2,1H3. The maximum atomic E-state index is 11.7. The van der Waals surface area contributed by atoms with Crippen LogP contribution in [0.2, 0.25) is 0 Å². The van der Waals surface area contributed by atoms with Gasteiger partial charge in [0.1, 0.15) is 0 Å². The third-order valence-corrected chi connectivity index (χ3v) is 1.53. The van der Waals surface area contributed by atoms with Crippen molar-refractivity contribution < 1.29 is 13.5 Å². The van der Waals surface area contributed by atoms with Gasteiger partial charge in [0.15, 0.2) is 0 Å². The second-order valence-electron chi connectivity index (χ2n) is 2.44. The van der Waals surface area contributed by atoms with Crippen LogP contribution in [0.25, 0.3) is 0 Å². The van der Waals surface area contributed by atoms with Crippen LogP contribution >= 0.6 is 0 Å². The molecule has 1 rings (SSSR count). The minimum absolute atomic E-state index is 0.137. The van der Waals surface area contributed by atoms with Crippen LogP contribution in [0.4, 0.5) is 8.78 Å². The van der Waals surface area contributed by atoms with Crippen molar-refractivity contribution in [3.8, 4) is 0 Å². The number of hydrogen-bond donors (Lipinski definition) is 0. The van der Waals surface area contributed by atoms with Crippen LogP contribution in [0.3, 0.4) is 0 Å². The smallest absolute Gasteiger partial charge is 0.318 e. The van der Waals surface area contributed by atoms with Gasteiger partial charge in [-0.3, -0.25) is 4.99 Å². The summed E-state index contributed by atoms with van der Waals surface area (Å²) < 4.78 is 27.5. The van der Waals surface area contributed by atoms with Crippen molar-refractivity contribution in [2.45, 2.75) is 13.5 Å². The number of nitrogens with zero attached hydrogens (tertiary/aromatic N) is 1. The lowest BCUT2D eigenvalue weighted by atomic mass is 10.2. The molecule has 0 aromatic carbocycles. The van der Waals surface area contributed by atoms with E-state index in [1.807, 2.05) is 0 Å². The molecule has 0 saturated heterocycles. The van der Waals surface area contributed by atoms with E-state index in [0.717, 1.165) is 0 Å². The van der Waals surface area contributed by atoms with Gasteiger partial charge in [0.05, 0.1) is 6.61 Å². The van der Waals surface area contributed by atoms with Crippen LogP contribution in [-0.4, -0.2) is 19.4 Å². The molecular formula is C9H9F2NO. The lowest BCUT2D eigenvalue weighted by molar-refractivity contribution is -0.120. The number of aliphatic imine (C=N–C) groups is 1. The van der Waals surface area contributed by atoms with Crippen molar-refractivity contribution in [1.82, 2.24) is 0 Å². The molecular weight excluding hydrogens is 176 g/mol. The van der Waals surface area contributed by atoms with Crippen molar-refractivity contribution in [2.75, 3.05) is 6.61 Å². The molecule has 0 saturated carbocycles. The number of rotatable bonds is 3. The van der Waals surface area contributed by atoms with Gasteiger partial charge >= 0.3 is 6.61 Å². The van der Waals surface area contributed by atoms with E-state index < -0.39 is 6.61 Å². The highest BCUT2D eigenvalue weighted by molar-refractivity contribution is 5.72. The van der Waals surface area contributed by atoms with Crippen molar-refractivity contribution in [3.05, 3.63) is 29.2 Å². The summed E-state index contributed by atoms with van der Waals surface area (Å²) in [7, 11) is 0. The first-order valence-corrected chi connectivity index (χ1v) is 3.75. The Morgan fingerprint density at radius 1 is 1.62 bits per heavy atom. The molecule has 2 nitrogen and oxygen atoms in total. The lowest BCUT2D eigenvalue weighted by Crippen LogP contribution is -2.03. The van der Waals surface area contributed by atoms with Crippen molar-refractivity contribution in [3.63, 3.8) is 0 Å². The predicted molar refractivity (Wildman–Crippen MR) is 45.8 cm³/mol. The Kier molecular flexibility index (Phi) is 3.55. The monoisotopic (exact) mass is 185 g/mol. The zero-order valence-corrected chi connectivity index (χ0v) is 7.13. The van der Waals surface area contributed by atoms with Gasteiger partial charge in [0.25, 0.3) is 0 Å². The second-order valence-corrected chi connectivity index (χ2v) is 2.44. The molecule has 4 heteroatoms. The van der Waals surface area contributed by atoms with Crippen molar-refractivity contribution in [1.29, 1.82) is 0 Å². The molecule has 1 heterocycles. The summed E-state index contributed by atoms with van der Waals surface area (Å²) in [5.41, 5.74) is 4.05. The normalized spacial score (nSPS) is 15.7. The molecule has 0 fully saturated rings. The molecule has 0 aromatic rings. The minimum Gasteiger partial charge on any atom is -0.318 e. The highest BCUT2D eigenvalue weighted by Gasteiger charge is 2.05. The summed E-state index contributed by atoms with van der Waals surface area (Å²) >= 11 is 0. The fourth-order valence-electron chi connectivity index (χ4n) is 0.827. The molecule has 1 aliphatic rings. The zero-order valence-electron chi connectivity index (χ0n) is 7.13. The van der Waals surface area contributed by atoms with E-state index in [2.05, 4.69) is 15.5 Å². The molecule has 0 amide bonds. The summed E-state index contributed by atoms with van der Waals surface area (Å²) in [6, 6.07) is 0. The van der Waals surface area contributed by atoms with Gasteiger partial charge in [0, 0.05) is 17.5 Å². The number of halogens is 2. The fraction of sp³-hybridized carbons (Fsp3) is 0.333. The number of allylic oxidation sites excluding steroid dienone is 1. The molecule has 70 valence electrons. The zero-order chi connectivity index (χ0) is 9.68. The molecule has 1 aliphatic heterocycles. The van der Waals surface area contributed by atoms with Crippen molar-refractivity contribution in [2.24, 2.45) is 4.99 Å².